The van der Waals surface area contributed by atoms with E-state index in [1.54, 1.807) is 12.1 Å². The van der Waals surface area contributed by atoms with Crippen LogP contribution in [-0.4, -0.2) is 6.04 Å². The lowest BCUT2D eigenvalue weighted by Crippen LogP contribution is -2.25. The summed E-state index contributed by atoms with van der Waals surface area (Å²) in [6.45, 7) is 5.07. The smallest absolute Gasteiger partial charge is 0.123 e. The molecule has 0 aliphatic rings. The third kappa shape index (κ3) is 3.88. The first kappa shape index (κ1) is 11.2. The van der Waals surface area contributed by atoms with E-state index in [-0.39, 0.29) is 5.82 Å². The molecule has 0 heterocycles. The van der Waals surface area contributed by atoms with E-state index in [2.05, 4.69) is 19.2 Å². The van der Waals surface area contributed by atoms with E-state index in [9.17, 15) is 4.39 Å². The summed E-state index contributed by atoms with van der Waals surface area (Å²) in [6.07, 6.45) is 2.34. The summed E-state index contributed by atoms with van der Waals surface area (Å²) >= 11 is 0. The molecule has 1 nitrogen and oxygen atoms in total. The first-order valence-corrected chi connectivity index (χ1v) is 5.20. The summed E-state index contributed by atoms with van der Waals surface area (Å²) in [5.74, 6) is -0.160. The van der Waals surface area contributed by atoms with Crippen molar-refractivity contribution in [3.63, 3.8) is 0 Å². The number of halogens is 1. The lowest BCUT2D eigenvalue weighted by molar-refractivity contribution is 0.507. The summed E-state index contributed by atoms with van der Waals surface area (Å²) in [7, 11) is 0. The van der Waals surface area contributed by atoms with Gasteiger partial charge in [0.2, 0.25) is 0 Å². The van der Waals surface area contributed by atoms with Crippen LogP contribution in [0.1, 0.15) is 32.3 Å². The third-order valence-corrected chi connectivity index (χ3v) is 2.27. The van der Waals surface area contributed by atoms with Crippen LogP contribution in [0.2, 0.25) is 0 Å². The molecule has 0 aliphatic carbocycles. The molecule has 0 saturated carbocycles. The van der Waals surface area contributed by atoms with Crippen LogP contribution >= 0.6 is 0 Å². The van der Waals surface area contributed by atoms with E-state index in [1.807, 2.05) is 6.07 Å². The van der Waals surface area contributed by atoms with E-state index in [1.165, 1.54) is 12.5 Å². The van der Waals surface area contributed by atoms with Crippen LogP contribution in [0.3, 0.4) is 0 Å². The molecule has 1 atom stereocenters. The van der Waals surface area contributed by atoms with Crippen molar-refractivity contribution in [2.75, 3.05) is 0 Å². The minimum Gasteiger partial charge on any atom is -0.310 e. The highest BCUT2D eigenvalue weighted by Gasteiger charge is 2.00. The first-order valence-electron chi connectivity index (χ1n) is 5.20. The maximum absolute atomic E-state index is 12.8. The molecule has 0 fully saturated rings. The van der Waals surface area contributed by atoms with Gasteiger partial charge in [0.05, 0.1) is 0 Å². The molecule has 1 aromatic rings. The van der Waals surface area contributed by atoms with Crippen LogP contribution in [-0.2, 0) is 6.54 Å². The molecule has 0 bridgehead atoms. The zero-order valence-electron chi connectivity index (χ0n) is 8.89. The summed E-state index contributed by atoms with van der Waals surface area (Å²) in [4.78, 5) is 0. The molecule has 78 valence electrons. The molecule has 0 amide bonds. The molecule has 1 rings (SSSR count). The Morgan fingerprint density at radius 3 is 2.86 bits per heavy atom. The van der Waals surface area contributed by atoms with Gasteiger partial charge in [0.15, 0.2) is 0 Å². The van der Waals surface area contributed by atoms with Gasteiger partial charge in [-0.2, -0.15) is 0 Å². The third-order valence-electron chi connectivity index (χ3n) is 2.27. The summed E-state index contributed by atoms with van der Waals surface area (Å²) in [5.41, 5.74) is 1.01. The quantitative estimate of drug-likeness (QED) is 0.761. The molecule has 0 radical (unpaired) electrons. The average molecular weight is 195 g/mol. The van der Waals surface area contributed by atoms with Gasteiger partial charge in [-0.15, -0.1) is 0 Å². The Balaban J connectivity index is 2.37. The molecule has 0 saturated heterocycles. The van der Waals surface area contributed by atoms with Crippen molar-refractivity contribution in [3.8, 4) is 0 Å². The fraction of sp³-hybridized carbons (Fsp3) is 0.500. The Bertz CT molecular complexity index is 273. The van der Waals surface area contributed by atoms with E-state index < -0.39 is 0 Å². The second-order valence-corrected chi connectivity index (χ2v) is 3.70. The highest BCUT2D eigenvalue weighted by Crippen LogP contribution is 2.04. The Kier molecular flexibility index (Phi) is 4.60. The van der Waals surface area contributed by atoms with E-state index in [0.29, 0.717) is 6.04 Å². The maximum Gasteiger partial charge on any atom is 0.123 e. The van der Waals surface area contributed by atoms with Crippen molar-refractivity contribution in [1.29, 1.82) is 0 Å². The van der Waals surface area contributed by atoms with Gasteiger partial charge in [-0.3, -0.25) is 0 Å². The second kappa shape index (κ2) is 5.76. The van der Waals surface area contributed by atoms with E-state index >= 15 is 0 Å². The molecule has 14 heavy (non-hydrogen) atoms. The van der Waals surface area contributed by atoms with Crippen LogP contribution in [0.15, 0.2) is 24.3 Å². The monoisotopic (exact) mass is 195 g/mol. The number of hydrogen-bond donors (Lipinski definition) is 1. The fourth-order valence-electron chi connectivity index (χ4n) is 1.47. The maximum atomic E-state index is 12.8. The number of benzene rings is 1. The molecule has 1 N–H and O–H groups in total. The highest BCUT2D eigenvalue weighted by molar-refractivity contribution is 5.15. The molecule has 1 unspecified atom stereocenters. The normalized spacial score (nSPS) is 12.8. The van der Waals surface area contributed by atoms with Gasteiger partial charge in [-0.1, -0.05) is 25.5 Å². The number of rotatable bonds is 5. The van der Waals surface area contributed by atoms with Crippen molar-refractivity contribution < 1.29 is 4.39 Å². The van der Waals surface area contributed by atoms with Crippen molar-refractivity contribution in [3.05, 3.63) is 35.6 Å². The van der Waals surface area contributed by atoms with Crippen LogP contribution in [0.5, 0.6) is 0 Å². The number of hydrogen-bond acceptors (Lipinski definition) is 1. The lowest BCUT2D eigenvalue weighted by Gasteiger charge is -2.12. The van der Waals surface area contributed by atoms with Crippen LogP contribution in [0.4, 0.5) is 4.39 Å². The zero-order valence-corrected chi connectivity index (χ0v) is 8.89. The van der Waals surface area contributed by atoms with Crippen molar-refractivity contribution in [2.45, 2.75) is 39.3 Å². The molecule has 0 spiro atoms. The molecular formula is C12H18FN. The predicted molar refractivity (Wildman–Crippen MR) is 57.6 cm³/mol. The minimum absolute atomic E-state index is 0.160. The Labute approximate surface area is 85.3 Å². The van der Waals surface area contributed by atoms with Gasteiger partial charge in [0.1, 0.15) is 5.82 Å². The van der Waals surface area contributed by atoms with Crippen LogP contribution in [0.25, 0.3) is 0 Å². The summed E-state index contributed by atoms with van der Waals surface area (Å²) in [6, 6.07) is 7.24. The second-order valence-electron chi connectivity index (χ2n) is 3.70. The van der Waals surface area contributed by atoms with Crippen molar-refractivity contribution in [1.82, 2.24) is 5.32 Å². The first-order chi connectivity index (χ1) is 6.72. The minimum atomic E-state index is -0.160. The summed E-state index contributed by atoms with van der Waals surface area (Å²) in [5, 5.41) is 3.36. The Hall–Kier alpha value is -0.890. The highest BCUT2D eigenvalue weighted by atomic mass is 19.1. The van der Waals surface area contributed by atoms with Crippen molar-refractivity contribution >= 4 is 0 Å². The standard InChI is InChI=1S/C12H18FN/c1-3-5-10(2)14-9-11-6-4-7-12(13)8-11/h4,6-8,10,14H,3,5,9H2,1-2H3. The molecule has 0 aromatic heterocycles. The molecule has 1 aromatic carbocycles. The predicted octanol–water partition coefficient (Wildman–Crippen LogP) is 3.10. The van der Waals surface area contributed by atoms with Gasteiger partial charge >= 0.3 is 0 Å². The van der Waals surface area contributed by atoms with Gasteiger partial charge < -0.3 is 5.32 Å². The number of nitrogens with one attached hydrogen (secondary N) is 1. The molecular weight excluding hydrogens is 177 g/mol. The fourth-order valence-corrected chi connectivity index (χ4v) is 1.47. The van der Waals surface area contributed by atoms with E-state index in [0.717, 1.165) is 18.5 Å². The van der Waals surface area contributed by atoms with Gasteiger partial charge in [-0.05, 0) is 31.0 Å². The zero-order chi connectivity index (χ0) is 10.4. The topological polar surface area (TPSA) is 12.0 Å². The van der Waals surface area contributed by atoms with Gasteiger partial charge in [0.25, 0.3) is 0 Å². The Morgan fingerprint density at radius 2 is 2.21 bits per heavy atom. The van der Waals surface area contributed by atoms with Gasteiger partial charge in [0, 0.05) is 12.6 Å². The lowest BCUT2D eigenvalue weighted by atomic mass is 10.1. The van der Waals surface area contributed by atoms with Gasteiger partial charge in [-0.25, -0.2) is 4.39 Å². The van der Waals surface area contributed by atoms with Crippen LogP contribution in [0, 0.1) is 5.82 Å². The largest absolute Gasteiger partial charge is 0.310 e. The Morgan fingerprint density at radius 1 is 1.43 bits per heavy atom. The average Bonchev–Trinajstić information content (AvgIpc) is 2.15. The molecule has 2 heteroatoms. The SMILES string of the molecule is CCCC(C)NCc1cccc(F)c1. The molecule has 0 aliphatic heterocycles. The summed E-state index contributed by atoms with van der Waals surface area (Å²) < 4.78 is 12.8. The van der Waals surface area contributed by atoms with E-state index in [4.69, 9.17) is 0 Å². The van der Waals surface area contributed by atoms with Crippen LogP contribution < -0.4 is 5.32 Å². The van der Waals surface area contributed by atoms with Crippen molar-refractivity contribution in [2.24, 2.45) is 0 Å².